The molecule has 1 aliphatic carbocycles. The zero-order valence-electron chi connectivity index (χ0n) is 9.16. The van der Waals surface area contributed by atoms with Gasteiger partial charge in [-0.1, -0.05) is 24.3 Å². The Hall–Kier alpha value is -0.860. The van der Waals surface area contributed by atoms with Gasteiger partial charge in [-0.3, -0.25) is 4.79 Å². The van der Waals surface area contributed by atoms with Crippen LogP contribution in [-0.2, 0) is 6.42 Å². The van der Waals surface area contributed by atoms with Crippen LogP contribution in [0.3, 0.4) is 0 Å². The lowest BCUT2D eigenvalue weighted by Gasteiger charge is -2.31. The average Bonchev–Trinajstić information content (AvgIpc) is 2.54. The maximum atomic E-state index is 12.3. The van der Waals surface area contributed by atoms with Gasteiger partial charge >= 0.3 is 0 Å². The highest BCUT2D eigenvalue weighted by Crippen LogP contribution is 2.42. The van der Waals surface area contributed by atoms with Crippen molar-refractivity contribution in [2.24, 2.45) is 5.41 Å². The molecule has 0 bridgehead atoms. The molecule has 1 aromatic rings. The fraction of sp³-hybridized carbons (Fsp3) is 0.462. The SMILES string of the molecule is Cl.O=C1c2ccccc2CC12CCNCC2. The first-order valence-electron chi connectivity index (χ1n) is 5.65. The molecule has 1 heterocycles. The predicted molar refractivity (Wildman–Crippen MR) is 66.3 cm³/mol. The third-order valence-electron chi connectivity index (χ3n) is 3.83. The number of carbonyl (C=O) groups is 1. The van der Waals surface area contributed by atoms with E-state index in [1.165, 1.54) is 5.56 Å². The minimum atomic E-state index is -0.0606. The number of hydrogen-bond donors (Lipinski definition) is 1. The van der Waals surface area contributed by atoms with Gasteiger partial charge in [-0.05, 0) is 37.9 Å². The van der Waals surface area contributed by atoms with Gasteiger partial charge < -0.3 is 5.32 Å². The molecule has 1 spiro atoms. The molecule has 0 unspecified atom stereocenters. The summed E-state index contributed by atoms with van der Waals surface area (Å²) in [6, 6.07) is 8.08. The van der Waals surface area contributed by atoms with Crippen LogP contribution in [0.1, 0.15) is 28.8 Å². The summed E-state index contributed by atoms with van der Waals surface area (Å²) in [5.74, 6) is 0.389. The number of nitrogens with one attached hydrogen (secondary N) is 1. The quantitative estimate of drug-likeness (QED) is 0.750. The fourth-order valence-corrected chi connectivity index (χ4v) is 2.94. The molecule has 86 valence electrons. The van der Waals surface area contributed by atoms with Gasteiger partial charge in [0.15, 0.2) is 5.78 Å². The number of piperidine rings is 1. The molecular formula is C13H16ClNO. The fourth-order valence-electron chi connectivity index (χ4n) is 2.94. The molecule has 3 rings (SSSR count). The second-order valence-corrected chi connectivity index (χ2v) is 4.69. The molecule has 0 aromatic heterocycles. The largest absolute Gasteiger partial charge is 0.317 e. The van der Waals surface area contributed by atoms with E-state index in [0.717, 1.165) is 37.9 Å². The third kappa shape index (κ3) is 1.57. The molecule has 1 saturated heterocycles. The zero-order chi connectivity index (χ0) is 10.3. The standard InChI is InChI=1S/C13H15NO.ClH/c15-12-11-4-2-1-3-10(11)9-13(12)5-7-14-8-6-13;/h1-4,14H,5-9H2;1H. The van der Waals surface area contributed by atoms with Crippen molar-refractivity contribution in [3.05, 3.63) is 35.4 Å². The van der Waals surface area contributed by atoms with E-state index < -0.39 is 0 Å². The molecule has 1 N–H and O–H groups in total. The summed E-state index contributed by atoms with van der Waals surface area (Å²) in [5, 5.41) is 3.33. The van der Waals surface area contributed by atoms with Gasteiger partial charge in [0.1, 0.15) is 0 Å². The molecule has 0 atom stereocenters. The lowest BCUT2D eigenvalue weighted by atomic mass is 9.75. The molecule has 0 amide bonds. The second kappa shape index (κ2) is 4.19. The van der Waals surface area contributed by atoms with Crippen molar-refractivity contribution in [1.82, 2.24) is 5.32 Å². The summed E-state index contributed by atoms with van der Waals surface area (Å²) in [7, 11) is 0. The minimum Gasteiger partial charge on any atom is -0.317 e. The number of hydrogen-bond acceptors (Lipinski definition) is 2. The molecule has 0 saturated carbocycles. The van der Waals surface area contributed by atoms with E-state index >= 15 is 0 Å². The summed E-state index contributed by atoms with van der Waals surface area (Å²) in [6.45, 7) is 1.97. The minimum absolute atomic E-state index is 0. The maximum absolute atomic E-state index is 12.3. The summed E-state index contributed by atoms with van der Waals surface area (Å²) in [5.41, 5.74) is 2.17. The Balaban J connectivity index is 0.000000963. The van der Waals surface area contributed by atoms with E-state index in [2.05, 4.69) is 11.4 Å². The summed E-state index contributed by atoms with van der Waals surface area (Å²) in [6.07, 6.45) is 2.96. The van der Waals surface area contributed by atoms with E-state index in [-0.39, 0.29) is 17.8 Å². The number of rotatable bonds is 0. The predicted octanol–water partition coefficient (Wildman–Crippen LogP) is 2.22. The summed E-state index contributed by atoms with van der Waals surface area (Å²) >= 11 is 0. The molecule has 2 nitrogen and oxygen atoms in total. The zero-order valence-corrected chi connectivity index (χ0v) is 9.98. The van der Waals surface area contributed by atoms with Crippen molar-refractivity contribution in [2.45, 2.75) is 19.3 Å². The molecular weight excluding hydrogens is 222 g/mol. The first-order valence-corrected chi connectivity index (χ1v) is 5.65. The Labute approximate surface area is 102 Å². The number of fused-ring (bicyclic) bond motifs is 1. The number of halogens is 1. The highest BCUT2D eigenvalue weighted by Gasteiger charge is 2.45. The van der Waals surface area contributed by atoms with Crippen LogP contribution in [0, 0.1) is 5.41 Å². The van der Waals surface area contributed by atoms with Crippen LogP contribution in [0.2, 0.25) is 0 Å². The first-order chi connectivity index (χ1) is 7.32. The lowest BCUT2D eigenvalue weighted by molar-refractivity contribution is 0.0762. The Bertz CT molecular complexity index is 410. The van der Waals surface area contributed by atoms with E-state index in [1.807, 2.05) is 18.2 Å². The molecule has 1 aromatic carbocycles. The van der Waals surface area contributed by atoms with Crippen LogP contribution in [0.15, 0.2) is 24.3 Å². The van der Waals surface area contributed by atoms with Crippen LogP contribution in [0.4, 0.5) is 0 Å². The number of Topliss-reactive ketones (excluding diaryl/α,β-unsaturated/α-hetero) is 1. The van der Waals surface area contributed by atoms with Crippen molar-refractivity contribution in [3.63, 3.8) is 0 Å². The van der Waals surface area contributed by atoms with Crippen LogP contribution in [-0.4, -0.2) is 18.9 Å². The number of ketones is 1. The van der Waals surface area contributed by atoms with Gasteiger partial charge in [0.25, 0.3) is 0 Å². The second-order valence-electron chi connectivity index (χ2n) is 4.69. The van der Waals surface area contributed by atoms with Crippen LogP contribution < -0.4 is 5.32 Å². The lowest BCUT2D eigenvalue weighted by Crippen LogP contribution is -2.40. The molecule has 3 heteroatoms. The van der Waals surface area contributed by atoms with Gasteiger partial charge in [0.2, 0.25) is 0 Å². The van der Waals surface area contributed by atoms with Crippen molar-refractivity contribution in [3.8, 4) is 0 Å². The average molecular weight is 238 g/mol. The van der Waals surface area contributed by atoms with E-state index in [9.17, 15) is 4.79 Å². The topological polar surface area (TPSA) is 29.1 Å². The Morgan fingerprint density at radius 1 is 1.12 bits per heavy atom. The number of benzene rings is 1. The van der Waals surface area contributed by atoms with Crippen LogP contribution in [0.25, 0.3) is 0 Å². The van der Waals surface area contributed by atoms with Gasteiger partial charge in [-0.2, -0.15) is 0 Å². The summed E-state index contributed by atoms with van der Waals surface area (Å²) < 4.78 is 0. The van der Waals surface area contributed by atoms with Gasteiger partial charge in [0.05, 0.1) is 0 Å². The van der Waals surface area contributed by atoms with E-state index in [1.54, 1.807) is 0 Å². The first kappa shape index (κ1) is 11.6. The summed E-state index contributed by atoms with van der Waals surface area (Å²) in [4.78, 5) is 12.3. The highest BCUT2D eigenvalue weighted by atomic mass is 35.5. The normalized spacial score (nSPS) is 21.6. The maximum Gasteiger partial charge on any atom is 0.169 e. The smallest absolute Gasteiger partial charge is 0.169 e. The van der Waals surface area contributed by atoms with Gasteiger partial charge in [-0.15, -0.1) is 12.4 Å². The van der Waals surface area contributed by atoms with Crippen LogP contribution >= 0.6 is 12.4 Å². The van der Waals surface area contributed by atoms with Gasteiger partial charge in [0, 0.05) is 11.0 Å². The van der Waals surface area contributed by atoms with Crippen molar-refractivity contribution in [1.29, 1.82) is 0 Å². The van der Waals surface area contributed by atoms with Crippen molar-refractivity contribution < 1.29 is 4.79 Å². The Morgan fingerprint density at radius 2 is 1.81 bits per heavy atom. The highest BCUT2D eigenvalue weighted by molar-refractivity contribution is 6.05. The molecule has 16 heavy (non-hydrogen) atoms. The molecule has 2 aliphatic rings. The Morgan fingerprint density at radius 3 is 2.50 bits per heavy atom. The molecule has 0 radical (unpaired) electrons. The van der Waals surface area contributed by atoms with Gasteiger partial charge in [-0.25, -0.2) is 0 Å². The van der Waals surface area contributed by atoms with E-state index in [0.29, 0.717) is 5.78 Å². The third-order valence-corrected chi connectivity index (χ3v) is 3.83. The van der Waals surface area contributed by atoms with Crippen molar-refractivity contribution in [2.75, 3.05) is 13.1 Å². The van der Waals surface area contributed by atoms with E-state index in [4.69, 9.17) is 0 Å². The molecule has 1 aliphatic heterocycles. The van der Waals surface area contributed by atoms with Crippen LogP contribution in [0.5, 0.6) is 0 Å². The Kier molecular flexibility index (Phi) is 3.04. The monoisotopic (exact) mass is 237 g/mol. The molecule has 1 fully saturated rings. The number of carbonyl (C=O) groups excluding carboxylic acids is 1. The van der Waals surface area contributed by atoms with Crippen molar-refractivity contribution >= 4 is 18.2 Å².